The average Bonchev–Trinajstić information content (AvgIpc) is 3.59. The fourth-order valence-corrected chi connectivity index (χ4v) is 4.35. The lowest BCUT2D eigenvalue weighted by Crippen LogP contribution is -2.33. The Morgan fingerprint density at radius 1 is 1.37 bits per heavy atom. The van der Waals surface area contributed by atoms with Crippen LogP contribution < -0.4 is 15.4 Å². The standard InChI is InChI=1S/C21H20F3N7O3S/c1-30-8-13(7-26-30)31-4-2-15-17(31)19(34-14-3-5-33-9-14)29-20(27-15)28-16-6-12(10-35-16)18(32)25-11-21(22,23)24/h2,4,6-8,10,14H,3,5,9,11H2,1H3,(H,25,32)(H,27,28,29)/t14-/m0/s1. The van der Waals surface area contributed by atoms with Crippen molar-refractivity contribution in [1.29, 1.82) is 0 Å². The first-order valence-electron chi connectivity index (χ1n) is 10.6. The Morgan fingerprint density at radius 3 is 2.94 bits per heavy atom. The summed E-state index contributed by atoms with van der Waals surface area (Å²) < 4.78 is 52.3. The van der Waals surface area contributed by atoms with Gasteiger partial charge in [-0.15, -0.1) is 11.3 Å². The summed E-state index contributed by atoms with van der Waals surface area (Å²) in [5, 5.41) is 11.0. The SMILES string of the molecule is Cn1cc(-n2ccc3nc(Nc4cc(C(=O)NCC(F)(F)F)cs4)nc(O[C@H]4CCOC4)c32)cn1. The van der Waals surface area contributed by atoms with E-state index in [1.165, 1.54) is 11.4 Å². The number of anilines is 2. The number of aromatic nitrogens is 5. The van der Waals surface area contributed by atoms with Crippen molar-refractivity contribution in [3.8, 4) is 11.6 Å². The molecule has 4 aromatic heterocycles. The number of carbonyl (C=O) groups is 1. The minimum atomic E-state index is -4.48. The molecule has 10 nitrogen and oxygen atoms in total. The average molecular weight is 507 g/mol. The quantitative estimate of drug-likeness (QED) is 0.395. The Labute approximate surface area is 200 Å². The third kappa shape index (κ3) is 5.22. The highest BCUT2D eigenvalue weighted by atomic mass is 32.1. The molecule has 0 spiro atoms. The van der Waals surface area contributed by atoms with Gasteiger partial charge in [-0.2, -0.15) is 23.3 Å². The van der Waals surface area contributed by atoms with Gasteiger partial charge in [0.1, 0.15) is 18.2 Å². The van der Waals surface area contributed by atoms with Gasteiger partial charge >= 0.3 is 6.18 Å². The normalized spacial score (nSPS) is 16.1. The second kappa shape index (κ2) is 9.19. The van der Waals surface area contributed by atoms with Crippen LogP contribution in [0.25, 0.3) is 16.7 Å². The molecule has 1 amide bonds. The van der Waals surface area contributed by atoms with Crippen molar-refractivity contribution < 1.29 is 27.4 Å². The van der Waals surface area contributed by atoms with E-state index in [1.807, 2.05) is 35.4 Å². The number of hydrogen-bond donors (Lipinski definition) is 2. The van der Waals surface area contributed by atoms with Crippen molar-refractivity contribution in [3.05, 3.63) is 41.7 Å². The van der Waals surface area contributed by atoms with Crippen molar-refractivity contribution in [3.63, 3.8) is 0 Å². The summed E-state index contributed by atoms with van der Waals surface area (Å²) in [7, 11) is 1.82. The molecule has 1 aliphatic rings. The van der Waals surface area contributed by atoms with Crippen molar-refractivity contribution in [2.45, 2.75) is 18.7 Å². The summed E-state index contributed by atoms with van der Waals surface area (Å²) in [5.41, 5.74) is 2.19. The van der Waals surface area contributed by atoms with Crippen LogP contribution >= 0.6 is 11.3 Å². The summed E-state index contributed by atoms with van der Waals surface area (Å²) in [6.45, 7) is -0.352. The molecule has 0 aliphatic carbocycles. The second-order valence-electron chi connectivity index (χ2n) is 7.87. The molecular weight excluding hydrogens is 487 g/mol. The Morgan fingerprint density at radius 2 is 2.23 bits per heavy atom. The van der Waals surface area contributed by atoms with E-state index in [0.717, 1.165) is 23.4 Å². The predicted molar refractivity (Wildman–Crippen MR) is 121 cm³/mol. The lowest BCUT2D eigenvalue weighted by Gasteiger charge is -2.14. The number of aryl methyl sites for hydroxylation is 1. The number of fused-ring (bicyclic) bond motifs is 1. The molecule has 14 heteroatoms. The maximum Gasteiger partial charge on any atom is 0.405 e. The van der Waals surface area contributed by atoms with Crippen LogP contribution in [-0.2, 0) is 11.8 Å². The van der Waals surface area contributed by atoms with Gasteiger partial charge in [-0.25, -0.2) is 4.98 Å². The van der Waals surface area contributed by atoms with Gasteiger partial charge in [-0.3, -0.25) is 9.48 Å². The van der Waals surface area contributed by atoms with Crippen LogP contribution in [0.4, 0.5) is 24.1 Å². The van der Waals surface area contributed by atoms with E-state index in [1.54, 1.807) is 10.9 Å². The van der Waals surface area contributed by atoms with E-state index in [9.17, 15) is 18.0 Å². The Bertz CT molecular complexity index is 1360. The maximum absolute atomic E-state index is 12.4. The number of halogens is 3. The summed E-state index contributed by atoms with van der Waals surface area (Å²) in [5.74, 6) is -0.247. The molecule has 4 aromatic rings. The topological polar surface area (TPSA) is 108 Å². The van der Waals surface area contributed by atoms with Gasteiger partial charge in [0.2, 0.25) is 11.8 Å². The number of amides is 1. The number of alkyl halides is 3. The Balaban J connectivity index is 1.43. The molecule has 1 fully saturated rings. The van der Waals surface area contributed by atoms with Crippen LogP contribution in [0, 0.1) is 0 Å². The third-order valence-electron chi connectivity index (χ3n) is 5.18. The van der Waals surface area contributed by atoms with Crippen LogP contribution in [0.15, 0.2) is 36.1 Å². The van der Waals surface area contributed by atoms with Gasteiger partial charge in [-0.05, 0) is 12.1 Å². The highest BCUT2D eigenvalue weighted by molar-refractivity contribution is 7.14. The molecular formula is C21H20F3N7O3S. The maximum atomic E-state index is 12.4. The first-order chi connectivity index (χ1) is 16.7. The van der Waals surface area contributed by atoms with Gasteiger partial charge < -0.3 is 24.7 Å². The van der Waals surface area contributed by atoms with E-state index in [0.29, 0.717) is 35.1 Å². The summed E-state index contributed by atoms with van der Waals surface area (Å²) in [6, 6.07) is 3.26. The molecule has 5 heterocycles. The zero-order valence-corrected chi connectivity index (χ0v) is 19.2. The van der Waals surface area contributed by atoms with E-state index in [2.05, 4.69) is 20.4 Å². The predicted octanol–water partition coefficient (Wildman–Crippen LogP) is 3.42. The van der Waals surface area contributed by atoms with Gasteiger partial charge in [0.15, 0.2) is 0 Å². The van der Waals surface area contributed by atoms with Gasteiger partial charge in [-0.1, -0.05) is 0 Å². The molecule has 0 saturated carbocycles. The van der Waals surface area contributed by atoms with Crippen molar-refractivity contribution >= 4 is 39.2 Å². The van der Waals surface area contributed by atoms with Gasteiger partial charge in [0.05, 0.1) is 41.2 Å². The van der Waals surface area contributed by atoms with E-state index < -0.39 is 18.6 Å². The molecule has 1 atom stereocenters. The molecule has 0 bridgehead atoms. The minimum Gasteiger partial charge on any atom is -0.470 e. The van der Waals surface area contributed by atoms with Crippen LogP contribution in [0.2, 0.25) is 0 Å². The minimum absolute atomic E-state index is 0.102. The number of nitrogens with one attached hydrogen (secondary N) is 2. The van der Waals surface area contributed by atoms with Crippen molar-refractivity contribution in [2.75, 3.05) is 25.1 Å². The third-order valence-corrected chi connectivity index (χ3v) is 6.03. The fourth-order valence-electron chi connectivity index (χ4n) is 3.58. The largest absolute Gasteiger partial charge is 0.470 e. The number of nitrogens with zero attached hydrogens (tertiary/aromatic N) is 5. The van der Waals surface area contributed by atoms with Gasteiger partial charge in [0.25, 0.3) is 5.91 Å². The highest BCUT2D eigenvalue weighted by Gasteiger charge is 2.28. The van der Waals surface area contributed by atoms with Gasteiger partial charge in [0, 0.05) is 31.2 Å². The molecule has 1 aliphatic heterocycles. The molecule has 1 saturated heterocycles. The van der Waals surface area contributed by atoms with Crippen LogP contribution in [0.3, 0.4) is 0 Å². The lowest BCUT2D eigenvalue weighted by molar-refractivity contribution is -0.123. The summed E-state index contributed by atoms with van der Waals surface area (Å²) in [6.07, 6.45) is 1.48. The van der Waals surface area contributed by atoms with Crippen LogP contribution in [0.5, 0.6) is 5.88 Å². The molecule has 35 heavy (non-hydrogen) atoms. The molecule has 2 N–H and O–H groups in total. The van der Waals surface area contributed by atoms with Crippen molar-refractivity contribution in [1.82, 2.24) is 29.6 Å². The smallest absolute Gasteiger partial charge is 0.405 e. The van der Waals surface area contributed by atoms with Crippen molar-refractivity contribution in [2.24, 2.45) is 7.05 Å². The first-order valence-corrected chi connectivity index (χ1v) is 11.5. The number of hydrogen-bond acceptors (Lipinski definition) is 8. The number of rotatable bonds is 7. The first kappa shape index (κ1) is 23.1. The van der Waals surface area contributed by atoms with Crippen LogP contribution in [-0.4, -0.2) is 62.3 Å². The van der Waals surface area contributed by atoms with E-state index in [-0.39, 0.29) is 17.6 Å². The molecule has 0 radical (unpaired) electrons. The molecule has 5 rings (SSSR count). The molecule has 0 unspecified atom stereocenters. The number of carbonyl (C=O) groups excluding carboxylic acids is 1. The second-order valence-corrected chi connectivity index (χ2v) is 8.78. The number of thiophene rings is 1. The summed E-state index contributed by atoms with van der Waals surface area (Å²) in [4.78, 5) is 21.1. The molecule has 0 aromatic carbocycles. The monoisotopic (exact) mass is 507 g/mol. The van der Waals surface area contributed by atoms with E-state index >= 15 is 0 Å². The highest BCUT2D eigenvalue weighted by Crippen LogP contribution is 2.31. The van der Waals surface area contributed by atoms with Crippen LogP contribution in [0.1, 0.15) is 16.8 Å². The van der Waals surface area contributed by atoms with E-state index in [4.69, 9.17) is 9.47 Å². The fraction of sp³-hybridized carbons (Fsp3) is 0.333. The number of ether oxygens (including phenoxy) is 2. The molecule has 184 valence electrons. The zero-order valence-electron chi connectivity index (χ0n) is 18.4. The lowest BCUT2D eigenvalue weighted by atomic mass is 10.3. The summed E-state index contributed by atoms with van der Waals surface area (Å²) >= 11 is 1.14. The zero-order chi connectivity index (χ0) is 24.6. The Hall–Kier alpha value is -3.65. The Kier molecular flexibility index (Phi) is 6.06.